The van der Waals surface area contributed by atoms with Crippen LogP contribution in [0, 0.1) is 6.92 Å². The molecule has 4 rings (SSSR count). The van der Waals surface area contributed by atoms with Crippen molar-refractivity contribution in [2.75, 3.05) is 24.4 Å². The molecular weight excluding hydrogens is 392 g/mol. The molecule has 0 fully saturated rings. The first-order chi connectivity index (χ1) is 15.0. The van der Waals surface area contributed by atoms with Crippen molar-refractivity contribution in [3.8, 4) is 11.5 Å². The Hall–Kier alpha value is -4.06. The lowest BCUT2D eigenvalue weighted by Gasteiger charge is -2.17. The summed E-state index contributed by atoms with van der Waals surface area (Å²) >= 11 is 0. The number of methoxy groups -OCH3 is 2. The molecule has 3 aromatic rings. The number of anilines is 2. The molecule has 1 heterocycles. The molecule has 31 heavy (non-hydrogen) atoms. The monoisotopic (exact) mass is 414 g/mol. The molecule has 2 amide bonds. The Morgan fingerprint density at radius 1 is 0.774 bits per heavy atom. The van der Waals surface area contributed by atoms with Gasteiger partial charge in [-0.15, -0.1) is 0 Å². The minimum atomic E-state index is -0.445. The van der Waals surface area contributed by atoms with E-state index in [1.807, 2.05) is 61.5 Å². The zero-order chi connectivity index (χ0) is 22.0. The van der Waals surface area contributed by atoms with Crippen molar-refractivity contribution in [1.82, 2.24) is 0 Å². The van der Waals surface area contributed by atoms with Crippen molar-refractivity contribution in [2.45, 2.75) is 6.92 Å². The molecule has 3 aromatic carbocycles. The number of amides is 2. The van der Waals surface area contributed by atoms with E-state index < -0.39 is 11.8 Å². The Morgan fingerprint density at radius 3 is 1.97 bits per heavy atom. The number of aryl methyl sites for hydroxylation is 1. The molecule has 0 atom stereocenters. The molecule has 0 radical (unpaired) electrons. The van der Waals surface area contributed by atoms with Crippen molar-refractivity contribution in [3.05, 3.63) is 89.6 Å². The standard InChI is InChI=1S/C25H22N2O4/c1-16-9-11-17(12-10-16)22-23(26-18-7-5-4-6-8-18)25(29)27(24(22)28)19-13-20(30-2)15-21(14-19)31-3/h4-15,26H,1-3H3. The van der Waals surface area contributed by atoms with Crippen molar-refractivity contribution in [2.24, 2.45) is 0 Å². The summed E-state index contributed by atoms with van der Waals surface area (Å²) in [6.07, 6.45) is 0. The Balaban J connectivity index is 1.83. The first kappa shape index (κ1) is 20.2. The number of carbonyl (C=O) groups is 2. The van der Waals surface area contributed by atoms with Crippen LogP contribution in [0.5, 0.6) is 11.5 Å². The predicted octanol–water partition coefficient (Wildman–Crippen LogP) is 4.41. The van der Waals surface area contributed by atoms with Crippen LogP contribution in [-0.2, 0) is 9.59 Å². The van der Waals surface area contributed by atoms with Gasteiger partial charge in [0.05, 0.1) is 25.5 Å². The molecule has 0 saturated heterocycles. The van der Waals surface area contributed by atoms with E-state index in [9.17, 15) is 9.59 Å². The van der Waals surface area contributed by atoms with Gasteiger partial charge in [0, 0.05) is 23.9 Å². The van der Waals surface area contributed by atoms with Crippen molar-refractivity contribution in [3.63, 3.8) is 0 Å². The Kier molecular flexibility index (Phi) is 5.45. The van der Waals surface area contributed by atoms with E-state index in [1.165, 1.54) is 14.2 Å². The van der Waals surface area contributed by atoms with Gasteiger partial charge in [0.25, 0.3) is 11.8 Å². The second-order valence-electron chi connectivity index (χ2n) is 7.12. The highest BCUT2D eigenvalue weighted by molar-refractivity contribution is 6.46. The van der Waals surface area contributed by atoms with E-state index in [1.54, 1.807) is 18.2 Å². The second-order valence-corrected chi connectivity index (χ2v) is 7.12. The molecule has 0 unspecified atom stereocenters. The normalized spacial score (nSPS) is 13.6. The van der Waals surface area contributed by atoms with Gasteiger partial charge in [-0.25, -0.2) is 4.90 Å². The molecule has 0 aromatic heterocycles. The second kappa shape index (κ2) is 8.36. The number of nitrogens with zero attached hydrogens (tertiary/aromatic N) is 1. The van der Waals surface area contributed by atoms with Gasteiger partial charge in [0.2, 0.25) is 0 Å². The molecule has 0 aliphatic carbocycles. The summed E-state index contributed by atoms with van der Waals surface area (Å²) in [4.78, 5) is 28.1. The SMILES string of the molecule is COc1cc(OC)cc(N2C(=O)C(Nc3ccccc3)=C(c3ccc(C)cc3)C2=O)c1. The fourth-order valence-electron chi connectivity index (χ4n) is 3.46. The average Bonchev–Trinajstić information content (AvgIpc) is 3.04. The predicted molar refractivity (Wildman–Crippen MR) is 120 cm³/mol. The Morgan fingerprint density at radius 2 is 1.39 bits per heavy atom. The van der Waals surface area contributed by atoms with Crippen LogP contribution in [-0.4, -0.2) is 26.0 Å². The lowest BCUT2D eigenvalue weighted by atomic mass is 10.0. The smallest absolute Gasteiger partial charge is 0.282 e. The first-order valence-corrected chi connectivity index (χ1v) is 9.77. The lowest BCUT2D eigenvalue weighted by molar-refractivity contribution is -0.120. The van der Waals surface area contributed by atoms with Crippen LogP contribution in [0.15, 0.2) is 78.5 Å². The topological polar surface area (TPSA) is 67.9 Å². The number of rotatable bonds is 6. The van der Waals surface area contributed by atoms with Crippen molar-refractivity contribution in [1.29, 1.82) is 0 Å². The maximum absolute atomic E-state index is 13.5. The highest BCUT2D eigenvalue weighted by Gasteiger charge is 2.40. The van der Waals surface area contributed by atoms with Crippen molar-refractivity contribution < 1.29 is 19.1 Å². The molecule has 0 saturated carbocycles. The van der Waals surface area contributed by atoms with E-state index in [2.05, 4.69) is 5.32 Å². The number of carbonyl (C=O) groups excluding carboxylic acids is 2. The third kappa shape index (κ3) is 3.88. The van der Waals surface area contributed by atoms with Gasteiger partial charge in [0.15, 0.2) is 0 Å². The fourth-order valence-corrected chi connectivity index (χ4v) is 3.46. The van der Waals surface area contributed by atoms with Crippen LogP contribution in [0.25, 0.3) is 5.57 Å². The van der Waals surface area contributed by atoms with Gasteiger partial charge in [-0.2, -0.15) is 0 Å². The van der Waals surface area contributed by atoms with Gasteiger partial charge in [-0.3, -0.25) is 9.59 Å². The van der Waals surface area contributed by atoms with Gasteiger partial charge >= 0.3 is 0 Å². The van der Waals surface area contributed by atoms with Gasteiger partial charge in [0.1, 0.15) is 17.2 Å². The Bertz CT molecular complexity index is 1150. The van der Waals surface area contributed by atoms with Crippen LogP contribution in [0.3, 0.4) is 0 Å². The number of hydrogen-bond acceptors (Lipinski definition) is 5. The van der Waals surface area contributed by atoms with Crippen LogP contribution in [0.4, 0.5) is 11.4 Å². The number of nitrogens with one attached hydrogen (secondary N) is 1. The molecule has 1 aliphatic rings. The van der Waals surface area contributed by atoms with Crippen molar-refractivity contribution >= 4 is 28.8 Å². The van der Waals surface area contributed by atoms with Gasteiger partial charge in [-0.1, -0.05) is 48.0 Å². The summed E-state index contributed by atoms with van der Waals surface area (Å²) in [5, 5.41) is 3.15. The quantitative estimate of drug-likeness (QED) is 0.605. The fraction of sp³-hybridized carbons (Fsp3) is 0.120. The molecule has 156 valence electrons. The summed E-state index contributed by atoms with van der Waals surface area (Å²) in [5.74, 6) is 0.106. The van der Waals surface area contributed by atoms with E-state index in [0.29, 0.717) is 34.0 Å². The van der Waals surface area contributed by atoms with Gasteiger partial charge in [-0.05, 0) is 24.6 Å². The molecule has 6 heteroatoms. The third-order valence-corrected chi connectivity index (χ3v) is 5.06. The summed E-state index contributed by atoms with van der Waals surface area (Å²) in [6, 6.07) is 21.8. The highest BCUT2D eigenvalue weighted by Crippen LogP contribution is 2.37. The Labute approximate surface area is 180 Å². The summed E-state index contributed by atoms with van der Waals surface area (Å²) < 4.78 is 10.6. The number of para-hydroxylation sites is 1. The average molecular weight is 414 g/mol. The largest absolute Gasteiger partial charge is 0.497 e. The molecule has 0 bridgehead atoms. The third-order valence-electron chi connectivity index (χ3n) is 5.06. The molecular formula is C25H22N2O4. The first-order valence-electron chi connectivity index (χ1n) is 9.77. The molecule has 1 aliphatic heterocycles. The molecule has 0 spiro atoms. The van der Waals surface area contributed by atoms with E-state index in [0.717, 1.165) is 10.5 Å². The summed E-state index contributed by atoms with van der Waals surface area (Å²) in [5.41, 5.74) is 3.36. The van der Waals surface area contributed by atoms with Gasteiger partial charge < -0.3 is 14.8 Å². The maximum atomic E-state index is 13.5. The number of benzene rings is 3. The summed E-state index contributed by atoms with van der Waals surface area (Å²) in [6.45, 7) is 1.97. The van der Waals surface area contributed by atoms with Crippen LogP contribution in [0.2, 0.25) is 0 Å². The van der Waals surface area contributed by atoms with Crippen LogP contribution in [0.1, 0.15) is 11.1 Å². The summed E-state index contributed by atoms with van der Waals surface area (Å²) in [7, 11) is 3.04. The number of ether oxygens (including phenoxy) is 2. The van der Waals surface area contributed by atoms with E-state index in [4.69, 9.17) is 9.47 Å². The van der Waals surface area contributed by atoms with Crippen LogP contribution >= 0.6 is 0 Å². The van der Waals surface area contributed by atoms with E-state index >= 15 is 0 Å². The van der Waals surface area contributed by atoms with Crippen LogP contribution < -0.4 is 19.7 Å². The zero-order valence-corrected chi connectivity index (χ0v) is 17.5. The van der Waals surface area contributed by atoms with E-state index in [-0.39, 0.29) is 5.70 Å². The lowest BCUT2D eigenvalue weighted by Crippen LogP contribution is -2.32. The molecule has 1 N–H and O–H groups in total. The minimum Gasteiger partial charge on any atom is -0.497 e. The highest BCUT2D eigenvalue weighted by atomic mass is 16.5. The minimum absolute atomic E-state index is 0.224. The number of hydrogen-bond donors (Lipinski definition) is 1. The number of imide groups is 1. The molecule has 6 nitrogen and oxygen atoms in total. The maximum Gasteiger partial charge on any atom is 0.282 e. The zero-order valence-electron chi connectivity index (χ0n) is 17.5.